The Kier molecular flexibility index (Phi) is 4.46. The van der Waals surface area contributed by atoms with Crippen molar-refractivity contribution in [1.29, 1.82) is 0 Å². The molecule has 0 radical (unpaired) electrons. The van der Waals surface area contributed by atoms with Crippen LogP contribution in [0.4, 0.5) is 4.79 Å². The Hall–Kier alpha value is -0.460. The summed E-state index contributed by atoms with van der Waals surface area (Å²) in [5, 5.41) is 8.78. The highest BCUT2D eigenvalue weighted by Gasteiger charge is 2.31. The van der Waals surface area contributed by atoms with Crippen LogP contribution in [-0.4, -0.2) is 44.5 Å². The van der Waals surface area contributed by atoms with Gasteiger partial charge >= 0.3 is 6.09 Å². The van der Waals surface area contributed by atoms with E-state index in [4.69, 9.17) is 5.11 Å². The van der Waals surface area contributed by atoms with Gasteiger partial charge in [0.1, 0.15) is 4.75 Å². The second kappa shape index (κ2) is 5.25. The van der Waals surface area contributed by atoms with Crippen LogP contribution in [0.25, 0.3) is 0 Å². The second-order valence-corrected chi connectivity index (χ2v) is 7.04. The third kappa shape index (κ3) is 3.84. The van der Waals surface area contributed by atoms with Gasteiger partial charge in [0.25, 0.3) is 0 Å². The number of carboxylic acid groups (broad SMARTS) is 1. The van der Waals surface area contributed by atoms with Crippen LogP contribution in [0, 0.1) is 0 Å². The van der Waals surface area contributed by atoms with Crippen LogP contribution < -0.4 is 4.72 Å². The highest BCUT2D eigenvalue weighted by atomic mass is 32.2. The molecule has 16 heavy (non-hydrogen) atoms. The van der Waals surface area contributed by atoms with E-state index in [2.05, 4.69) is 4.72 Å². The molecule has 1 aliphatic heterocycles. The molecule has 1 rings (SSSR count). The molecule has 0 aromatic heterocycles. The van der Waals surface area contributed by atoms with E-state index in [1.807, 2.05) is 20.8 Å². The maximum atomic E-state index is 11.8. The van der Waals surface area contributed by atoms with Crippen molar-refractivity contribution in [2.75, 3.05) is 13.1 Å². The predicted octanol–water partition coefficient (Wildman–Crippen LogP) is 1.18. The van der Waals surface area contributed by atoms with Crippen molar-refractivity contribution < 1.29 is 14.5 Å². The molecule has 5 nitrogen and oxygen atoms in total. The molecular weight excluding hydrogens is 228 g/mol. The lowest BCUT2D eigenvalue weighted by Crippen LogP contribution is -2.50. The lowest BCUT2D eigenvalue weighted by Gasteiger charge is -2.33. The van der Waals surface area contributed by atoms with E-state index in [9.17, 15) is 9.35 Å². The summed E-state index contributed by atoms with van der Waals surface area (Å²) >= 11 is -1.07. The first-order valence-corrected chi connectivity index (χ1v) is 6.61. The van der Waals surface area contributed by atoms with Gasteiger partial charge < -0.3 is 14.6 Å². The maximum Gasteiger partial charge on any atom is 0.407 e. The molecule has 0 bridgehead atoms. The molecule has 1 atom stereocenters. The number of nitrogens with one attached hydrogen (secondary N) is 1. The van der Waals surface area contributed by atoms with E-state index in [0.29, 0.717) is 13.1 Å². The fourth-order valence-corrected chi connectivity index (χ4v) is 2.41. The van der Waals surface area contributed by atoms with Crippen molar-refractivity contribution in [3.05, 3.63) is 0 Å². The van der Waals surface area contributed by atoms with Crippen LogP contribution in [0.15, 0.2) is 0 Å². The minimum absolute atomic E-state index is 0.163. The summed E-state index contributed by atoms with van der Waals surface area (Å²) in [5.74, 6) is 0. The molecule has 1 saturated heterocycles. The minimum atomic E-state index is -1.07. The minimum Gasteiger partial charge on any atom is -0.598 e. The first-order chi connectivity index (χ1) is 7.30. The van der Waals surface area contributed by atoms with Crippen LogP contribution in [0.2, 0.25) is 0 Å². The maximum absolute atomic E-state index is 11.8. The lowest BCUT2D eigenvalue weighted by molar-refractivity contribution is 0.131. The summed E-state index contributed by atoms with van der Waals surface area (Å²) in [5.41, 5.74) is 0. The number of hydrogen-bond acceptors (Lipinski definition) is 3. The largest absolute Gasteiger partial charge is 0.598 e. The molecule has 1 fully saturated rings. The third-order valence-corrected chi connectivity index (χ3v) is 4.26. The fourth-order valence-electron chi connectivity index (χ4n) is 1.52. The molecule has 1 heterocycles. The van der Waals surface area contributed by atoms with Gasteiger partial charge in [-0.15, -0.1) is 4.72 Å². The van der Waals surface area contributed by atoms with Crippen molar-refractivity contribution in [1.82, 2.24) is 9.62 Å². The summed E-state index contributed by atoms with van der Waals surface area (Å²) in [7, 11) is 0. The lowest BCUT2D eigenvalue weighted by atomic mass is 10.1. The standard InChI is InChI=1S/C10H20N2O3S/c1-10(2,3)16(15)11-8-4-6-12(7-5-8)9(13)14/h8,11H,4-7H2,1-3H3,(H,13,14). The average Bonchev–Trinajstić information content (AvgIpc) is 2.17. The highest BCUT2D eigenvalue weighted by Crippen LogP contribution is 2.17. The van der Waals surface area contributed by atoms with E-state index in [-0.39, 0.29) is 10.8 Å². The Balaban J connectivity index is 2.35. The van der Waals surface area contributed by atoms with Gasteiger partial charge in [-0.25, -0.2) is 4.79 Å². The molecule has 2 N–H and O–H groups in total. The zero-order valence-corrected chi connectivity index (χ0v) is 10.8. The van der Waals surface area contributed by atoms with Crippen LogP contribution in [0.5, 0.6) is 0 Å². The molecule has 6 heteroatoms. The number of rotatable bonds is 2. The Morgan fingerprint density at radius 3 is 2.31 bits per heavy atom. The average molecular weight is 248 g/mol. The smallest absolute Gasteiger partial charge is 0.407 e. The van der Waals surface area contributed by atoms with Crippen LogP contribution in [-0.2, 0) is 11.4 Å². The number of carbonyl (C=O) groups is 1. The van der Waals surface area contributed by atoms with E-state index in [0.717, 1.165) is 12.8 Å². The first-order valence-electron chi connectivity index (χ1n) is 5.46. The van der Waals surface area contributed by atoms with Gasteiger partial charge in [0.05, 0.1) is 6.04 Å². The Morgan fingerprint density at radius 2 is 1.94 bits per heavy atom. The van der Waals surface area contributed by atoms with E-state index in [1.54, 1.807) is 0 Å². The van der Waals surface area contributed by atoms with Gasteiger partial charge in [-0.05, 0) is 33.6 Å². The van der Waals surface area contributed by atoms with E-state index in [1.165, 1.54) is 4.90 Å². The van der Waals surface area contributed by atoms with Crippen LogP contribution >= 0.6 is 0 Å². The van der Waals surface area contributed by atoms with Gasteiger partial charge in [-0.2, -0.15) is 0 Å². The Bertz CT molecular complexity index is 247. The summed E-state index contributed by atoms with van der Waals surface area (Å²) in [6, 6.07) is 0.163. The second-order valence-electron chi connectivity index (χ2n) is 5.04. The van der Waals surface area contributed by atoms with Gasteiger partial charge in [-0.3, -0.25) is 0 Å². The van der Waals surface area contributed by atoms with Crippen molar-refractivity contribution in [3.63, 3.8) is 0 Å². The van der Waals surface area contributed by atoms with E-state index < -0.39 is 17.5 Å². The molecule has 1 aliphatic rings. The normalized spacial score (nSPS) is 20.9. The molecule has 0 saturated carbocycles. The van der Waals surface area contributed by atoms with Gasteiger partial charge in [0.2, 0.25) is 0 Å². The molecule has 1 unspecified atom stereocenters. The quantitative estimate of drug-likeness (QED) is 0.720. The van der Waals surface area contributed by atoms with Crippen molar-refractivity contribution in [3.8, 4) is 0 Å². The predicted molar refractivity (Wildman–Crippen MR) is 63.7 cm³/mol. The van der Waals surface area contributed by atoms with Crippen LogP contribution in [0.1, 0.15) is 33.6 Å². The molecule has 0 spiro atoms. The Labute approximate surface area is 99.5 Å². The number of likely N-dealkylation sites (tertiary alicyclic amines) is 1. The first kappa shape index (κ1) is 13.6. The summed E-state index contributed by atoms with van der Waals surface area (Å²) in [4.78, 5) is 12.1. The van der Waals surface area contributed by atoms with E-state index >= 15 is 0 Å². The van der Waals surface area contributed by atoms with Crippen molar-refractivity contribution in [2.45, 2.75) is 44.4 Å². The monoisotopic (exact) mass is 248 g/mol. The third-order valence-electron chi connectivity index (χ3n) is 2.60. The number of piperidine rings is 1. The number of nitrogens with zero attached hydrogens (tertiary/aromatic N) is 1. The molecule has 0 aromatic carbocycles. The number of hydrogen-bond donors (Lipinski definition) is 2. The SMILES string of the molecule is CC(C)(C)[S+]([O-])NC1CCN(C(=O)O)CC1. The molecule has 0 aromatic rings. The van der Waals surface area contributed by atoms with Gasteiger partial charge in [0, 0.05) is 24.5 Å². The van der Waals surface area contributed by atoms with Crippen LogP contribution in [0.3, 0.4) is 0 Å². The molecule has 1 amide bonds. The topological polar surface area (TPSA) is 75.6 Å². The zero-order valence-electron chi connectivity index (χ0n) is 10.0. The fraction of sp³-hybridized carbons (Fsp3) is 0.900. The molecular formula is C10H20N2O3S. The molecule has 94 valence electrons. The zero-order chi connectivity index (χ0) is 12.3. The highest BCUT2D eigenvalue weighted by molar-refractivity contribution is 7.90. The number of amides is 1. The van der Waals surface area contributed by atoms with Crippen molar-refractivity contribution >= 4 is 17.5 Å². The summed E-state index contributed by atoms with van der Waals surface area (Å²) in [6.45, 7) is 6.80. The van der Waals surface area contributed by atoms with Gasteiger partial charge in [0.15, 0.2) is 0 Å². The summed E-state index contributed by atoms with van der Waals surface area (Å²) < 4.78 is 14.6. The Morgan fingerprint density at radius 1 is 1.44 bits per heavy atom. The van der Waals surface area contributed by atoms with Crippen molar-refractivity contribution in [2.24, 2.45) is 0 Å². The van der Waals surface area contributed by atoms with Gasteiger partial charge in [-0.1, -0.05) is 0 Å². The summed E-state index contributed by atoms with van der Waals surface area (Å²) in [6.07, 6.45) is 0.595. The molecule has 0 aliphatic carbocycles.